The number of rotatable bonds is 0. The van der Waals surface area contributed by atoms with Gasteiger partial charge in [-0.3, -0.25) is 4.90 Å². The molecule has 56 valence electrons. The predicted octanol–water partition coefficient (Wildman–Crippen LogP) is -0.0571. The smallest absolute Gasteiger partial charge is 0.415 e. The van der Waals surface area contributed by atoms with Crippen LogP contribution in [0.3, 0.4) is 0 Å². The normalized spacial score (nSPS) is 16.9. The Morgan fingerprint density at radius 1 is 1.90 bits per heavy atom. The van der Waals surface area contributed by atoms with Crippen molar-refractivity contribution in [1.82, 2.24) is 10.2 Å². The fourth-order valence-electron chi connectivity index (χ4n) is 0.756. The Balaban J connectivity index is 2.55. The van der Waals surface area contributed by atoms with E-state index in [4.69, 9.17) is 12.2 Å². The van der Waals surface area contributed by atoms with Gasteiger partial charge < -0.3 is 10.1 Å². The minimum absolute atomic E-state index is 0.394. The molecule has 0 aromatic carbocycles. The first kappa shape index (κ1) is 7.27. The Hall–Kier alpha value is -0.840. The minimum Gasteiger partial charge on any atom is -0.452 e. The highest BCUT2D eigenvalue weighted by molar-refractivity contribution is 7.80. The summed E-state index contributed by atoms with van der Waals surface area (Å²) < 4.78 is 4.46. The SMILES string of the molecule is COC(=O)N1CCNC1=S. The number of thiocarbonyl (C=S) groups is 1. The molecular weight excluding hydrogens is 152 g/mol. The van der Waals surface area contributed by atoms with Gasteiger partial charge in [0.25, 0.3) is 0 Å². The van der Waals surface area contributed by atoms with Crippen molar-refractivity contribution in [2.75, 3.05) is 20.2 Å². The monoisotopic (exact) mass is 160 g/mol. The van der Waals surface area contributed by atoms with Gasteiger partial charge in [0.15, 0.2) is 5.11 Å². The molecule has 1 heterocycles. The van der Waals surface area contributed by atoms with Crippen LogP contribution >= 0.6 is 12.2 Å². The molecule has 1 amide bonds. The highest BCUT2D eigenvalue weighted by Gasteiger charge is 2.22. The predicted molar refractivity (Wildman–Crippen MR) is 39.7 cm³/mol. The average Bonchev–Trinajstić information content (AvgIpc) is 2.34. The molecule has 1 aliphatic rings. The zero-order chi connectivity index (χ0) is 7.56. The number of methoxy groups -OCH3 is 1. The summed E-state index contributed by atoms with van der Waals surface area (Å²) in [4.78, 5) is 12.2. The Labute approximate surface area is 64.1 Å². The highest BCUT2D eigenvalue weighted by Crippen LogP contribution is 1.98. The van der Waals surface area contributed by atoms with Crippen molar-refractivity contribution >= 4 is 23.4 Å². The fourth-order valence-corrected chi connectivity index (χ4v) is 1.02. The van der Waals surface area contributed by atoms with E-state index >= 15 is 0 Å². The number of amides is 1. The lowest BCUT2D eigenvalue weighted by Crippen LogP contribution is -2.33. The Morgan fingerprint density at radius 3 is 3.00 bits per heavy atom. The molecule has 5 heteroatoms. The van der Waals surface area contributed by atoms with E-state index < -0.39 is 6.09 Å². The lowest BCUT2D eigenvalue weighted by Gasteiger charge is -2.11. The molecule has 1 fully saturated rings. The van der Waals surface area contributed by atoms with E-state index in [0.29, 0.717) is 18.2 Å². The first-order chi connectivity index (χ1) is 4.75. The van der Waals surface area contributed by atoms with Crippen molar-refractivity contribution in [2.24, 2.45) is 0 Å². The summed E-state index contributed by atoms with van der Waals surface area (Å²) in [5.74, 6) is 0. The van der Waals surface area contributed by atoms with Crippen molar-refractivity contribution < 1.29 is 9.53 Å². The number of carbonyl (C=O) groups excluding carboxylic acids is 1. The van der Waals surface area contributed by atoms with Crippen LogP contribution in [0.15, 0.2) is 0 Å². The van der Waals surface area contributed by atoms with Gasteiger partial charge in [0.05, 0.1) is 7.11 Å². The molecule has 0 bridgehead atoms. The van der Waals surface area contributed by atoms with Crippen molar-refractivity contribution in [1.29, 1.82) is 0 Å². The first-order valence-electron chi connectivity index (χ1n) is 2.89. The van der Waals surface area contributed by atoms with Gasteiger partial charge >= 0.3 is 6.09 Å². The molecule has 0 unspecified atom stereocenters. The van der Waals surface area contributed by atoms with Crippen molar-refractivity contribution in [3.05, 3.63) is 0 Å². The highest BCUT2D eigenvalue weighted by atomic mass is 32.1. The maximum atomic E-state index is 10.8. The van der Waals surface area contributed by atoms with E-state index in [-0.39, 0.29) is 0 Å². The number of ether oxygens (including phenoxy) is 1. The summed E-state index contributed by atoms with van der Waals surface area (Å²) in [6.07, 6.45) is -0.394. The van der Waals surface area contributed by atoms with E-state index in [9.17, 15) is 4.79 Å². The first-order valence-corrected chi connectivity index (χ1v) is 3.30. The third kappa shape index (κ3) is 1.18. The van der Waals surface area contributed by atoms with Gasteiger partial charge in [0.2, 0.25) is 0 Å². The molecule has 0 radical (unpaired) electrons. The number of hydrogen-bond donors (Lipinski definition) is 1. The molecule has 0 aromatic heterocycles. The second-order valence-corrected chi connectivity index (χ2v) is 2.24. The largest absolute Gasteiger partial charge is 0.452 e. The summed E-state index contributed by atoms with van der Waals surface area (Å²) >= 11 is 4.80. The molecule has 0 aromatic rings. The van der Waals surface area contributed by atoms with E-state index in [1.807, 2.05) is 0 Å². The Bertz CT molecular complexity index is 171. The van der Waals surface area contributed by atoms with Crippen molar-refractivity contribution in [2.45, 2.75) is 0 Å². The summed E-state index contributed by atoms with van der Waals surface area (Å²) in [5, 5.41) is 3.29. The molecule has 1 aliphatic heterocycles. The van der Waals surface area contributed by atoms with Crippen LogP contribution in [0.4, 0.5) is 4.79 Å². The Kier molecular flexibility index (Phi) is 2.06. The minimum atomic E-state index is -0.394. The van der Waals surface area contributed by atoms with E-state index in [1.54, 1.807) is 0 Å². The summed E-state index contributed by atoms with van der Waals surface area (Å²) in [6, 6.07) is 0. The Morgan fingerprint density at radius 2 is 2.60 bits per heavy atom. The van der Waals surface area contributed by atoms with Crippen LogP contribution in [0.25, 0.3) is 0 Å². The van der Waals surface area contributed by atoms with Crippen LogP contribution in [0.5, 0.6) is 0 Å². The van der Waals surface area contributed by atoms with E-state index in [2.05, 4.69) is 10.1 Å². The van der Waals surface area contributed by atoms with Gasteiger partial charge in [-0.1, -0.05) is 0 Å². The molecule has 0 spiro atoms. The van der Waals surface area contributed by atoms with Crippen LogP contribution in [0, 0.1) is 0 Å². The molecule has 4 nitrogen and oxygen atoms in total. The number of hydrogen-bond acceptors (Lipinski definition) is 3. The number of nitrogens with zero attached hydrogens (tertiary/aromatic N) is 1. The van der Waals surface area contributed by atoms with Gasteiger partial charge in [-0.25, -0.2) is 4.79 Å². The third-order valence-corrected chi connectivity index (χ3v) is 1.62. The van der Waals surface area contributed by atoms with Gasteiger partial charge in [0.1, 0.15) is 0 Å². The van der Waals surface area contributed by atoms with Gasteiger partial charge in [-0.15, -0.1) is 0 Å². The van der Waals surface area contributed by atoms with Crippen LogP contribution < -0.4 is 5.32 Å². The summed E-state index contributed by atoms with van der Waals surface area (Å²) in [5.41, 5.74) is 0. The molecule has 0 aliphatic carbocycles. The zero-order valence-corrected chi connectivity index (χ0v) is 6.40. The van der Waals surface area contributed by atoms with Crippen molar-refractivity contribution in [3.8, 4) is 0 Å². The number of nitrogens with one attached hydrogen (secondary N) is 1. The van der Waals surface area contributed by atoms with Crippen molar-refractivity contribution in [3.63, 3.8) is 0 Å². The third-order valence-electron chi connectivity index (χ3n) is 1.25. The number of carbonyl (C=O) groups is 1. The summed E-state index contributed by atoms with van der Waals surface area (Å²) in [6.45, 7) is 1.32. The topological polar surface area (TPSA) is 41.6 Å². The average molecular weight is 160 g/mol. The van der Waals surface area contributed by atoms with Crippen LogP contribution in [0.1, 0.15) is 0 Å². The van der Waals surface area contributed by atoms with Gasteiger partial charge in [0, 0.05) is 13.1 Å². The van der Waals surface area contributed by atoms with Crippen LogP contribution in [-0.2, 0) is 4.74 Å². The molecule has 1 saturated heterocycles. The maximum absolute atomic E-state index is 10.8. The summed E-state index contributed by atoms with van der Waals surface area (Å²) in [7, 11) is 1.34. The fraction of sp³-hybridized carbons (Fsp3) is 0.600. The standard InChI is InChI=1S/C5H8N2O2S/c1-9-5(8)7-3-2-6-4(7)10/h2-3H2,1H3,(H,6,10). The zero-order valence-electron chi connectivity index (χ0n) is 5.59. The lowest BCUT2D eigenvalue weighted by atomic mass is 10.6. The van der Waals surface area contributed by atoms with Crippen LogP contribution in [-0.4, -0.2) is 36.3 Å². The second-order valence-electron chi connectivity index (χ2n) is 1.85. The van der Waals surface area contributed by atoms with Crippen LogP contribution in [0.2, 0.25) is 0 Å². The second kappa shape index (κ2) is 2.83. The molecule has 1 rings (SSSR count). The van der Waals surface area contributed by atoms with Gasteiger partial charge in [-0.2, -0.15) is 0 Å². The van der Waals surface area contributed by atoms with E-state index in [1.165, 1.54) is 12.0 Å². The molecule has 0 saturated carbocycles. The van der Waals surface area contributed by atoms with E-state index in [0.717, 1.165) is 0 Å². The molecule has 1 N–H and O–H groups in total. The molecular formula is C5H8N2O2S. The maximum Gasteiger partial charge on any atom is 0.415 e. The quantitative estimate of drug-likeness (QED) is 0.504. The van der Waals surface area contributed by atoms with Gasteiger partial charge in [-0.05, 0) is 12.2 Å². The molecule has 0 atom stereocenters. The molecule has 10 heavy (non-hydrogen) atoms. The lowest BCUT2D eigenvalue weighted by molar-refractivity contribution is 0.149.